The molecule has 0 saturated carbocycles. The maximum Gasteiger partial charge on any atom is 0.0425 e. The maximum absolute atomic E-state index is 6.07. The Balaban J connectivity index is 2.10. The summed E-state index contributed by atoms with van der Waals surface area (Å²) < 4.78 is 0. The van der Waals surface area contributed by atoms with Gasteiger partial charge in [0.1, 0.15) is 0 Å². The summed E-state index contributed by atoms with van der Waals surface area (Å²) in [6, 6.07) is 0.738. The van der Waals surface area contributed by atoms with E-state index >= 15 is 0 Å². The summed E-state index contributed by atoms with van der Waals surface area (Å²) in [4.78, 5) is 2.71. The highest BCUT2D eigenvalue weighted by atomic mass is 32.2. The molecule has 0 bridgehead atoms. The molecule has 0 spiro atoms. The molecule has 2 fully saturated rings. The summed E-state index contributed by atoms with van der Waals surface area (Å²) in [6.07, 6.45) is 4.01. The Labute approximate surface area is 98.0 Å². The van der Waals surface area contributed by atoms with E-state index in [1.54, 1.807) is 0 Å². The number of hydrogen-bond acceptors (Lipinski definition) is 3. The molecule has 2 saturated heterocycles. The largest absolute Gasteiger partial charge is 0.329 e. The lowest BCUT2D eigenvalue weighted by atomic mass is 9.92. The van der Waals surface area contributed by atoms with Gasteiger partial charge in [0.05, 0.1) is 0 Å². The predicted molar refractivity (Wildman–Crippen MR) is 68.3 cm³/mol. The second-order valence-electron chi connectivity index (χ2n) is 5.43. The molecule has 3 heteroatoms. The molecule has 2 N–H and O–H groups in total. The van der Waals surface area contributed by atoms with Crippen LogP contribution in [0.15, 0.2) is 0 Å². The predicted octanol–water partition coefficient (Wildman–Crippen LogP) is 1.94. The van der Waals surface area contributed by atoms with Crippen LogP contribution in [0.4, 0.5) is 0 Å². The summed E-state index contributed by atoms with van der Waals surface area (Å²) in [6.45, 7) is 6.85. The van der Waals surface area contributed by atoms with Crippen molar-refractivity contribution < 1.29 is 0 Å². The Hall–Kier alpha value is 0.270. The Bertz CT molecular complexity index is 214. The molecule has 0 amide bonds. The molecule has 3 unspecified atom stereocenters. The Morgan fingerprint density at radius 1 is 1.47 bits per heavy atom. The zero-order valence-corrected chi connectivity index (χ0v) is 10.9. The van der Waals surface area contributed by atoms with E-state index in [1.165, 1.54) is 37.3 Å². The molecule has 2 aliphatic rings. The van der Waals surface area contributed by atoms with Crippen molar-refractivity contribution in [3.05, 3.63) is 0 Å². The van der Waals surface area contributed by atoms with E-state index < -0.39 is 0 Å². The number of hydrogen-bond donors (Lipinski definition) is 1. The summed E-state index contributed by atoms with van der Waals surface area (Å²) in [5.74, 6) is 3.44. The van der Waals surface area contributed by atoms with Gasteiger partial charge in [-0.2, -0.15) is 11.8 Å². The van der Waals surface area contributed by atoms with Crippen molar-refractivity contribution in [2.45, 2.75) is 44.7 Å². The van der Waals surface area contributed by atoms with Gasteiger partial charge in [-0.3, -0.25) is 4.90 Å². The highest BCUT2D eigenvalue weighted by Crippen LogP contribution is 2.37. The second kappa shape index (κ2) is 4.64. The summed E-state index contributed by atoms with van der Waals surface area (Å²) in [7, 11) is 0. The van der Waals surface area contributed by atoms with Crippen LogP contribution in [-0.2, 0) is 0 Å². The fourth-order valence-electron chi connectivity index (χ4n) is 3.30. The molecule has 0 radical (unpaired) electrons. The van der Waals surface area contributed by atoms with Gasteiger partial charge >= 0.3 is 0 Å². The Morgan fingerprint density at radius 2 is 2.27 bits per heavy atom. The smallest absolute Gasteiger partial charge is 0.0425 e. The minimum Gasteiger partial charge on any atom is -0.329 e. The zero-order chi connectivity index (χ0) is 10.9. The topological polar surface area (TPSA) is 29.3 Å². The molecule has 0 aliphatic carbocycles. The highest BCUT2D eigenvalue weighted by molar-refractivity contribution is 7.99. The van der Waals surface area contributed by atoms with Gasteiger partial charge < -0.3 is 5.73 Å². The van der Waals surface area contributed by atoms with Gasteiger partial charge in [0.2, 0.25) is 0 Å². The average molecular weight is 228 g/mol. The first kappa shape index (κ1) is 11.7. The summed E-state index contributed by atoms with van der Waals surface area (Å²) >= 11 is 2.09. The van der Waals surface area contributed by atoms with Crippen LogP contribution in [0.1, 0.15) is 33.1 Å². The van der Waals surface area contributed by atoms with E-state index in [0.717, 1.165) is 18.5 Å². The normalized spacial score (nSPS) is 43.4. The molecule has 2 nitrogen and oxygen atoms in total. The molecule has 0 aromatic rings. The van der Waals surface area contributed by atoms with Gasteiger partial charge in [-0.1, -0.05) is 6.92 Å². The molecular weight excluding hydrogens is 204 g/mol. The molecule has 88 valence electrons. The quantitative estimate of drug-likeness (QED) is 0.783. The molecular formula is C12H24N2S. The molecule has 2 rings (SSSR count). The lowest BCUT2D eigenvalue weighted by Crippen LogP contribution is -2.58. The van der Waals surface area contributed by atoms with E-state index in [-0.39, 0.29) is 0 Å². The van der Waals surface area contributed by atoms with Crippen LogP contribution in [0.3, 0.4) is 0 Å². The van der Waals surface area contributed by atoms with Crippen LogP contribution in [0.5, 0.6) is 0 Å². The summed E-state index contributed by atoms with van der Waals surface area (Å²) in [5, 5.41) is 0. The van der Waals surface area contributed by atoms with Crippen LogP contribution in [0.2, 0.25) is 0 Å². The van der Waals surface area contributed by atoms with Crippen LogP contribution in [0.25, 0.3) is 0 Å². The van der Waals surface area contributed by atoms with E-state index in [1.807, 2.05) is 0 Å². The van der Waals surface area contributed by atoms with Crippen molar-refractivity contribution in [2.24, 2.45) is 11.7 Å². The van der Waals surface area contributed by atoms with Crippen molar-refractivity contribution >= 4 is 11.8 Å². The third-order valence-electron chi connectivity index (χ3n) is 4.07. The third-order valence-corrected chi connectivity index (χ3v) is 5.39. The minimum absolute atomic E-state index is 0.326. The number of thioether (sulfide) groups is 1. The number of likely N-dealkylation sites (tertiary alicyclic amines) is 1. The van der Waals surface area contributed by atoms with E-state index in [9.17, 15) is 0 Å². The third kappa shape index (κ3) is 2.20. The minimum atomic E-state index is 0.326. The van der Waals surface area contributed by atoms with Crippen LogP contribution >= 0.6 is 11.8 Å². The van der Waals surface area contributed by atoms with Crippen molar-refractivity contribution in [3.8, 4) is 0 Å². The van der Waals surface area contributed by atoms with Gasteiger partial charge in [0.15, 0.2) is 0 Å². The Morgan fingerprint density at radius 3 is 2.73 bits per heavy atom. The number of rotatable bonds is 2. The Kier molecular flexibility index (Phi) is 3.63. The van der Waals surface area contributed by atoms with Gasteiger partial charge in [-0.25, -0.2) is 0 Å². The lowest BCUT2D eigenvalue weighted by molar-refractivity contribution is 0.0936. The van der Waals surface area contributed by atoms with E-state index in [0.29, 0.717) is 5.54 Å². The van der Waals surface area contributed by atoms with E-state index in [4.69, 9.17) is 5.73 Å². The fraction of sp³-hybridized carbons (Fsp3) is 1.00. The molecule has 0 aromatic heterocycles. The van der Waals surface area contributed by atoms with Crippen molar-refractivity contribution in [3.63, 3.8) is 0 Å². The van der Waals surface area contributed by atoms with E-state index in [2.05, 4.69) is 30.5 Å². The van der Waals surface area contributed by atoms with Crippen LogP contribution in [0, 0.1) is 5.92 Å². The first-order chi connectivity index (χ1) is 7.18. The molecule has 2 aliphatic heterocycles. The van der Waals surface area contributed by atoms with Crippen LogP contribution < -0.4 is 5.73 Å². The molecule has 0 aromatic carbocycles. The first-order valence-corrected chi connectivity index (χ1v) is 7.38. The van der Waals surface area contributed by atoms with Crippen molar-refractivity contribution in [1.29, 1.82) is 0 Å². The second-order valence-corrected chi connectivity index (χ2v) is 6.53. The lowest BCUT2D eigenvalue weighted by Gasteiger charge is -2.46. The fourth-order valence-corrected chi connectivity index (χ4v) is 4.60. The monoisotopic (exact) mass is 228 g/mol. The van der Waals surface area contributed by atoms with Gasteiger partial charge in [0.25, 0.3) is 0 Å². The summed E-state index contributed by atoms with van der Waals surface area (Å²) in [5.41, 5.74) is 6.40. The van der Waals surface area contributed by atoms with Gasteiger partial charge in [-0.05, 0) is 37.9 Å². The number of nitrogens with zero attached hydrogens (tertiary/aromatic N) is 1. The van der Waals surface area contributed by atoms with Crippen molar-refractivity contribution in [2.75, 3.05) is 24.6 Å². The maximum atomic E-state index is 6.07. The molecule has 3 atom stereocenters. The SMILES string of the molecule is CC1CC(C)N(C2(CN)CCCSC2)C1. The average Bonchev–Trinajstić information content (AvgIpc) is 2.59. The van der Waals surface area contributed by atoms with Crippen molar-refractivity contribution in [1.82, 2.24) is 4.90 Å². The van der Waals surface area contributed by atoms with Gasteiger partial charge in [0, 0.05) is 30.4 Å². The standard InChI is InChI=1S/C12H24N2S/c1-10-6-11(2)14(7-10)12(8-13)4-3-5-15-9-12/h10-11H,3-9,13H2,1-2H3. The van der Waals surface area contributed by atoms with Crippen LogP contribution in [-0.4, -0.2) is 41.1 Å². The molecule has 2 heterocycles. The molecule has 15 heavy (non-hydrogen) atoms. The zero-order valence-electron chi connectivity index (χ0n) is 10.0. The highest BCUT2D eigenvalue weighted by Gasteiger charge is 2.42. The van der Waals surface area contributed by atoms with Gasteiger partial charge in [-0.15, -0.1) is 0 Å². The first-order valence-electron chi connectivity index (χ1n) is 6.22. The number of nitrogens with two attached hydrogens (primary N) is 1.